The standard InChI is InChI=1S/C19H21N5OS/c25-19-8-7-18(14-2-1-9-20-10-14)23-24(19)16-5-3-15(4-6-16)22-12-17-11-21-13-26-17/h1-2,7-11,13,15-16,22H,3-6,12H2. The van der Waals surface area contributed by atoms with Crippen molar-refractivity contribution < 1.29 is 0 Å². The van der Waals surface area contributed by atoms with Crippen LogP contribution in [0.2, 0.25) is 0 Å². The van der Waals surface area contributed by atoms with Gasteiger partial charge >= 0.3 is 0 Å². The molecule has 1 fully saturated rings. The molecule has 4 rings (SSSR count). The predicted octanol–water partition coefficient (Wildman–Crippen LogP) is 3.04. The van der Waals surface area contributed by atoms with Crippen molar-refractivity contribution >= 4 is 11.3 Å². The molecule has 0 aliphatic heterocycles. The minimum absolute atomic E-state index is 0.0290. The molecule has 3 aromatic heterocycles. The van der Waals surface area contributed by atoms with E-state index < -0.39 is 0 Å². The van der Waals surface area contributed by atoms with Crippen LogP contribution in [0.4, 0.5) is 0 Å². The second kappa shape index (κ2) is 7.88. The zero-order valence-electron chi connectivity index (χ0n) is 14.4. The van der Waals surface area contributed by atoms with E-state index in [9.17, 15) is 4.79 Å². The van der Waals surface area contributed by atoms with Gasteiger partial charge in [-0.15, -0.1) is 11.3 Å². The molecule has 1 N–H and O–H groups in total. The largest absolute Gasteiger partial charge is 0.309 e. The molecule has 1 saturated carbocycles. The van der Waals surface area contributed by atoms with E-state index in [1.165, 1.54) is 4.88 Å². The first-order chi connectivity index (χ1) is 12.8. The van der Waals surface area contributed by atoms with Crippen LogP contribution in [0.15, 0.2) is 53.2 Å². The van der Waals surface area contributed by atoms with Crippen molar-refractivity contribution in [3.63, 3.8) is 0 Å². The van der Waals surface area contributed by atoms with Crippen LogP contribution in [0.25, 0.3) is 11.3 Å². The maximum atomic E-state index is 12.3. The van der Waals surface area contributed by atoms with E-state index in [-0.39, 0.29) is 11.6 Å². The lowest BCUT2D eigenvalue weighted by molar-refractivity contribution is 0.269. The Morgan fingerprint density at radius 1 is 1.12 bits per heavy atom. The summed E-state index contributed by atoms with van der Waals surface area (Å²) >= 11 is 1.68. The number of thiazole rings is 1. The zero-order valence-corrected chi connectivity index (χ0v) is 15.2. The molecule has 0 radical (unpaired) electrons. The predicted molar refractivity (Wildman–Crippen MR) is 102 cm³/mol. The molecule has 7 heteroatoms. The van der Waals surface area contributed by atoms with E-state index in [0.29, 0.717) is 6.04 Å². The molecule has 3 heterocycles. The molecule has 0 bridgehead atoms. The molecule has 134 valence electrons. The lowest BCUT2D eigenvalue weighted by Crippen LogP contribution is -2.36. The Balaban J connectivity index is 1.41. The summed E-state index contributed by atoms with van der Waals surface area (Å²) in [6.07, 6.45) is 9.45. The van der Waals surface area contributed by atoms with Crippen molar-refractivity contribution in [3.8, 4) is 11.3 Å². The Labute approximate surface area is 156 Å². The topological polar surface area (TPSA) is 72.7 Å². The van der Waals surface area contributed by atoms with Crippen molar-refractivity contribution in [1.29, 1.82) is 0 Å². The molecule has 0 atom stereocenters. The lowest BCUT2D eigenvalue weighted by atomic mass is 9.91. The first-order valence-electron chi connectivity index (χ1n) is 8.90. The molecule has 0 spiro atoms. The van der Waals surface area contributed by atoms with E-state index in [1.807, 2.05) is 23.8 Å². The number of nitrogens with one attached hydrogen (secondary N) is 1. The zero-order chi connectivity index (χ0) is 17.8. The highest BCUT2D eigenvalue weighted by Gasteiger charge is 2.23. The summed E-state index contributed by atoms with van der Waals surface area (Å²) in [5.41, 5.74) is 3.56. The summed E-state index contributed by atoms with van der Waals surface area (Å²) < 4.78 is 1.67. The first kappa shape index (κ1) is 17.1. The summed E-state index contributed by atoms with van der Waals surface area (Å²) in [6.45, 7) is 0.870. The van der Waals surface area contributed by atoms with Gasteiger partial charge in [0.15, 0.2) is 0 Å². The van der Waals surface area contributed by atoms with Crippen LogP contribution in [-0.2, 0) is 6.54 Å². The quantitative estimate of drug-likeness (QED) is 0.750. The highest BCUT2D eigenvalue weighted by molar-refractivity contribution is 7.09. The lowest BCUT2D eigenvalue weighted by Gasteiger charge is -2.29. The highest BCUT2D eigenvalue weighted by atomic mass is 32.1. The molecule has 0 amide bonds. The third-order valence-electron chi connectivity index (χ3n) is 4.87. The van der Waals surface area contributed by atoms with Crippen molar-refractivity contribution in [3.05, 3.63) is 63.6 Å². The molecule has 0 saturated heterocycles. The summed E-state index contributed by atoms with van der Waals surface area (Å²) in [6, 6.07) is 7.89. The van der Waals surface area contributed by atoms with Crippen LogP contribution in [0.5, 0.6) is 0 Å². The fourth-order valence-electron chi connectivity index (χ4n) is 3.45. The van der Waals surface area contributed by atoms with Crippen LogP contribution in [-0.4, -0.2) is 25.8 Å². The second-order valence-corrected chi connectivity index (χ2v) is 7.57. The number of aromatic nitrogens is 4. The van der Waals surface area contributed by atoms with Crippen LogP contribution < -0.4 is 10.9 Å². The van der Waals surface area contributed by atoms with Crippen molar-refractivity contribution in [2.45, 2.75) is 44.3 Å². The third-order valence-corrected chi connectivity index (χ3v) is 5.65. The minimum Gasteiger partial charge on any atom is -0.309 e. The maximum absolute atomic E-state index is 12.3. The Hall–Kier alpha value is -2.38. The van der Waals surface area contributed by atoms with Gasteiger partial charge in [-0.2, -0.15) is 5.10 Å². The summed E-state index contributed by atoms with van der Waals surface area (Å²) in [4.78, 5) is 21.8. The van der Waals surface area contributed by atoms with Gasteiger partial charge in [-0.1, -0.05) is 0 Å². The fourth-order valence-corrected chi connectivity index (χ4v) is 4.00. The average Bonchev–Trinajstić information content (AvgIpc) is 3.22. The van der Waals surface area contributed by atoms with E-state index >= 15 is 0 Å². The van der Waals surface area contributed by atoms with Gasteiger partial charge in [0.25, 0.3) is 5.56 Å². The highest BCUT2D eigenvalue weighted by Crippen LogP contribution is 2.28. The smallest absolute Gasteiger partial charge is 0.267 e. The molecule has 6 nitrogen and oxygen atoms in total. The molecular formula is C19H21N5OS. The van der Waals surface area contributed by atoms with Crippen LogP contribution in [0.1, 0.15) is 36.6 Å². The van der Waals surface area contributed by atoms with Gasteiger partial charge in [-0.25, -0.2) is 4.68 Å². The van der Waals surface area contributed by atoms with Crippen molar-refractivity contribution in [1.82, 2.24) is 25.1 Å². The molecule has 3 aromatic rings. The minimum atomic E-state index is -0.0290. The van der Waals surface area contributed by atoms with Gasteiger partial charge in [-0.05, 0) is 43.9 Å². The Bertz CT molecular complexity index is 886. The Morgan fingerprint density at radius 3 is 2.73 bits per heavy atom. The summed E-state index contributed by atoms with van der Waals surface area (Å²) in [7, 11) is 0. The summed E-state index contributed by atoms with van der Waals surface area (Å²) in [5.74, 6) is 0. The molecular weight excluding hydrogens is 346 g/mol. The third kappa shape index (κ3) is 3.89. The Morgan fingerprint density at radius 2 is 2.00 bits per heavy atom. The number of hydrogen-bond acceptors (Lipinski definition) is 6. The molecule has 1 aliphatic carbocycles. The van der Waals surface area contributed by atoms with E-state index in [2.05, 4.69) is 20.4 Å². The monoisotopic (exact) mass is 367 g/mol. The van der Waals surface area contributed by atoms with Gasteiger partial charge in [0.05, 0.1) is 17.2 Å². The van der Waals surface area contributed by atoms with Crippen molar-refractivity contribution in [2.75, 3.05) is 0 Å². The molecule has 0 aromatic carbocycles. The Kier molecular flexibility index (Phi) is 5.17. The van der Waals surface area contributed by atoms with Crippen LogP contribution >= 0.6 is 11.3 Å². The molecule has 0 unspecified atom stereocenters. The normalized spacial score (nSPS) is 20.2. The van der Waals surface area contributed by atoms with E-state index in [4.69, 9.17) is 0 Å². The van der Waals surface area contributed by atoms with Gasteiger partial charge in [0, 0.05) is 47.7 Å². The first-order valence-corrected chi connectivity index (χ1v) is 9.78. The number of nitrogens with zero attached hydrogens (tertiary/aromatic N) is 4. The fraction of sp³-hybridized carbons (Fsp3) is 0.368. The second-order valence-electron chi connectivity index (χ2n) is 6.60. The van der Waals surface area contributed by atoms with Crippen LogP contribution in [0, 0.1) is 0 Å². The number of rotatable bonds is 5. The van der Waals surface area contributed by atoms with Crippen molar-refractivity contribution in [2.24, 2.45) is 0 Å². The average molecular weight is 367 g/mol. The maximum Gasteiger partial charge on any atom is 0.267 e. The number of hydrogen-bond donors (Lipinski definition) is 1. The van der Waals surface area contributed by atoms with Crippen LogP contribution in [0.3, 0.4) is 0 Å². The molecule has 26 heavy (non-hydrogen) atoms. The number of pyridine rings is 1. The van der Waals surface area contributed by atoms with E-state index in [0.717, 1.165) is 43.5 Å². The van der Waals surface area contributed by atoms with Gasteiger partial charge in [-0.3, -0.25) is 14.8 Å². The SMILES string of the molecule is O=c1ccc(-c2cccnc2)nn1C1CCC(NCc2cncs2)CC1. The van der Waals surface area contributed by atoms with Gasteiger partial charge in [0.1, 0.15) is 0 Å². The van der Waals surface area contributed by atoms with Gasteiger partial charge in [0.2, 0.25) is 0 Å². The summed E-state index contributed by atoms with van der Waals surface area (Å²) in [5, 5.41) is 8.22. The molecule has 1 aliphatic rings. The van der Waals surface area contributed by atoms with Gasteiger partial charge < -0.3 is 5.32 Å². The van der Waals surface area contributed by atoms with E-state index in [1.54, 1.807) is 40.5 Å².